The lowest BCUT2D eigenvalue weighted by molar-refractivity contribution is -0.131. The summed E-state index contributed by atoms with van der Waals surface area (Å²) in [6.07, 6.45) is 3.94. The van der Waals surface area contributed by atoms with Crippen molar-refractivity contribution in [3.8, 4) is 0 Å². The van der Waals surface area contributed by atoms with Gasteiger partial charge in [0, 0.05) is 12.7 Å². The van der Waals surface area contributed by atoms with E-state index >= 15 is 0 Å². The topological polar surface area (TPSA) is 59.2 Å². The third-order valence-electron chi connectivity index (χ3n) is 4.14. The first-order chi connectivity index (χ1) is 10.1. The van der Waals surface area contributed by atoms with Crippen molar-refractivity contribution >= 4 is 24.0 Å². The summed E-state index contributed by atoms with van der Waals surface area (Å²) in [4.78, 5) is 18.5. The maximum atomic E-state index is 12.4. The number of carbonyl (C=O) groups excluding carboxylic acids is 1. The summed E-state index contributed by atoms with van der Waals surface area (Å²) in [7, 11) is 1.88. The van der Waals surface area contributed by atoms with Crippen molar-refractivity contribution in [2.45, 2.75) is 25.3 Å². The van der Waals surface area contributed by atoms with E-state index in [0.717, 1.165) is 18.5 Å². The fourth-order valence-electron chi connectivity index (χ4n) is 2.93. The third-order valence-corrected chi connectivity index (χ3v) is 4.14. The molecule has 3 rings (SSSR count). The normalized spacial score (nSPS) is 15.8. The largest absolute Gasteiger partial charge is 0.397 e. The molecule has 1 amide bonds. The number of halogens is 1. The lowest BCUT2D eigenvalue weighted by atomic mass is 10.1. The Bertz CT molecular complexity index is 657. The van der Waals surface area contributed by atoms with Gasteiger partial charge in [0.1, 0.15) is 0 Å². The summed E-state index contributed by atoms with van der Waals surface area (Å²) >= 11 is 0. The molecule has 22 heavy (non-hydrogen) atoms. The molecule has 0 saturated heterocycles. The van der Waals surface area contributed by atoms with Gasteiger partial charge in [-0.25, -0.2) is 0 Å². The van der Waals surface area contributed by atoms with Crippen LogP contribution in [0.1, 0.15) is 29.3 Å². The van der Waals surface area contributed by atoms with E-state index in [1.54, 1.807) is 12.3 Å². The summed E-state index contributed by atoms with van der Waals surface area (Å²) in [5.41, 5.74) is 9.61. The number of benzene rings is 1. The van der Waals surface area contributed by atoms with Gasteiger partial charge in [-0.1, -0.05) is 24.3 Å². The molecule has 4 nitrogen and oxygen atoms in total. The molecule has 116 valence electrons. The molecule has 1 heterocycles. The van der Waals surface area contributed by atoms with Crippen LogP contribution in [-0.2, 0) is 17.6 Å². The second-order valence-corrected chi connectivity index (χ2v) is 5.52. The highest BCUT2D eigenvalue weighted by atomic mass is 35.5. The van der Waals surface area contributed by atoms with Gasteiger partial charge < -0.3 is 10.6 Å². The Hall–Kier alpha value is -2.07. The fraction of sp³-hybridized carbons (Fsp3) is 0.294. The molecule has 1 unspecified atom stereocenters. The molecule has 1 atom stereocenters. The molecule has 1 aliphatic carbocycles. The third kappa shape index (κ3) is 3.22. The van der Waals surface area contributed by atoms with Gasteiger partial charge in [-0.3, -0.25) is 9.78 Å². The van der Waals surface area contributed by atoms with Crippen LogP contribution in [0.25, 0.3) is 0 Å². The first-order valence-corrected chi connectivity index (χ1v) is 7.19. The van der Waals surface area contributed by atoms with E-state index in [2.05, 4.69) is 23.2 Å². The van der Waals surface area contributed by atoms with Crippen LogP contribution < -0.4 is 5.73 Å². The van der Waals surface area contributed by atoms with Crippen molar-refractivity contribution in [3.05, 3.63) is 59.4 Å². The Morgan fingerprint density at radius 2 is 2.09 bits per heavy atom. The average molecular weight is 318 g/mol. The van der Waals surface area contributed by atoms with Crippen molar-refractivity contribution in [1.29, 1.82) is 0 Å². The molecule has 1 aromatic heterocycles. The smallest absolute Gasteiger partial charge is 0.228 e. The summed E-state index contributed by atoms with van der Waals surface area (Å²) in [5.74, 6) is 0.0916. The number of aromatic nitrogens is 1. The van der Waals surface area contributed by atoms with Crippen molar-refractivity contribution < 1.29 is 4.79 Å². The van der Waals surface area contributed by atoms with Crippen molar-refractivity contribution in [3.63, 3.8) is 0 Å². The maximum Gasteiger partial charge on any atom is 0.228 e. The van der Waals surface area contributed by atoms with Gasteiger partial charge in [0.2, 0.25) is 5.91 Å². The highest BCUT2D eigenvalue weighted by Gasteiger charge is 2.28. The Morgan fingerprint density at radius 1 is 1.32 bits per heavy atom. The van der Waals surface area contributed by atoms with E-state index in [-0.39, 0.29) is 24.4 Å². The highest BCUT2D eigenvalue weighted by Crippen LogP contribution is 2.34. The van der Waals surface area contributed by atoms with Gasteiger partial charge in [-0.15, -0.1) is 12.4 Å². The van der Waals surface area contributed by atoms with E-state index in [1.165, 1.54) is 11.1 Å². The van der Waals surface area contributed by atoms with Gasteiger partial charge in [-0.05, 0) is 36.1 Å². The molecule has 0 bridgehead atoms. The molecule has 2 aromatic rings. The zero-order chi connectivity index (χ0) is 14.8. The number of carbonyl (C=O) groups is 1. The van der Waals surface area contributed by atoms with E-state index in [4.69, 9.17) is 5.73 Å². The number of likely N-dealkylation sites (N-methyl/N-ethyl adjacent to an activating group) is 1. The Kier molecular flexibility index (Phi) is 5.03. The minimum atomic E-state index is 0. The zero-order valence-corrected chi connectivity index (χ0v) is 13.3. The monoisotopic (exact) mass is 317 g/mol. The van der Waals surface area contributed by atoms with Crippen molar-refractivity contribution in [1.82, 2.24) is 9.88 Å². The lowest BCUT2D eigenvalue weighted by Gasteiger charge is -2.25. The van der Waals surface area contributed by atoms with Gasteiger partial charge in [0.15, 0.2) is 0 Å². The lowest BCUT2D eigenvalue weighted by Crippen LogP contribution is -2.31. The Balaban J connectivity index is 0.00000176. The molecule has 1 aliphatic rings. The molecule has 1 aromatic carbocycles. The van der Waals surface area contributed by atoms with Crippen LogP contribution in [0, 0.1) is 0 Å². The molecular weight excluding hydrogens is 298 g/mol. The van der Waals surface area contributed by atoms with Gasteiger partial charge in [0.05, 0.1) is 24.3 Å². The van der Waals surface area contributed by atoms with Crippen molar-refractivity contribution in [2.75, 3.05) is 12.8 Å². The number of anilines is 1. The molecule has 0 saturated carbocycles. The second kappa shape index (κ2) is 6.79. The van der Waals surface area contributed by atoms with Crippen LogP contribution in [0.4, 0.5) is 5.69 Å². The number of aryl methyl sites for hydroxylation is 1. The van der Waals surface area contributed by atoms with Crippen LogP contribution in [0.2, 0.25) is 0 Å². The number of pyridine rings is 1. The molecule has 0 aliphatic heterocycles. The predicted molar refractivity (Wildman–Crippen MR) is 89.9 cm³/mol. The van der Waals surface area contributed by atoms with E-state index < -0.39 is 0 Å². The van der Waals surface area contributed by atoms with Gasteiger partial charge >= 0.3 is 0 Å². The van der Waals surface area contributed by atoms with Gasteiger partial charge in [-0.2, -0.15) is 0 Å². The number of rotatable bonds is 3. The number of nitrogen functional groups attached to an aromatic ring is 1. The molecule has 5 heteroatoms. The fourth-order valence-corrected chi connectivity index (χ4v) is 2.93. The standard InChI is InChI=1S/C17H19N3O.ClH/c1-20(16-9-6-12-4-2-3-5-15(12)16)17(21)10-14-8-7-13(18)11-19-14;/h2-5,7-8,11,16H,6,9-10,18H2,1H3;1H. The highest BCUT2D eigenvalue weighted by molar-refractivity contribution is 5.85. The number of hydrogen-bond donors (Lipinski definition) is 1. The number of nitrogens with zero attached hydrogens (tertiary/aromatic N) is 2. The van der Waals surface area contributed by atoms with E-state index in [9.17, 15) is 4.79 Å². The SMILES string of the molecule is CN(C(=O)Cc1ccc(N)cn1)C1CCc2ccccc21.Cl. The first-order valence-electron chi connectivity index (χ1n) is 7.19. The minimum absolute atomic E-state index is 0. The van der Waals surface area contributed by atoms with Crippen LogP contribution in [-0.4, -0.2) is 22.8 Å². The van der Waals surface area contributed by atoms with Crippen molar-refractivity contribution in [2.24, 2.45) is 0 Å². The number of hydrogen-bond acceptors (Lipinski definition) is 3. The molecule has 0 radical (unpaired) electrons. The van der Waals surface area contributed by atoms with E-state index in [1.807, 2.05) is 24.1 Å². The summed E-state index contributed by atoms with van der Waals surface area (Å²) < 4.78 is 0. The number of amides is 1. The van der Waals surface area contributed by atoms with Gasteiger partial charge in [0.25, 0.3) is 0 Å². The molecule has 2 N–H and O–H groups in total. The quantitative estimate of drug-likeness (QED) is 0.947. The maximum absolute atomic E-state index is 12.4. The molecule has 0 spiro atoms. The Labute approximate surface area is 136 Å². The number of fused-ring (bicyclic) bond motifs is 1. The summed E-state index contributed by atoms with van der Waals surface area (Å²) in [5, 5.41) is 0. The second-order valence-electron chi connectivity index (χ2n) is 5.52. The first kappa shape index (κ1) is 16.3. The minimum Gasteiger partial charge on any atom is -0.397 e. The van der Waals surface area contributed by atoms with Crippen LogP contribution in [0.15, 0.2) is 42.6 Å². The summed E-state index contributed by atoms with van der Waals surface area (Å²) in [6.45, 7) is 0. The zero-order valence-electron chi connectivity index (χ0n) is 12.5. The summed E-state index contributed by atoms with van der Waals surface area (Å²) in [6, 6.07) is 12.1. The Morgan fingerprint density at radius 3 is 2.82 bits per heavy atom. The molecule has 0 fully saturated rings. The van der Waals surface area contributed by atoms with E-state index in [0.29, 0.717) is 12.1 Å². The van der Waals surface area contributed by atoms with Crippen LogP contribution in [0.5, 0.6) is 0 Å². The predicted octanol–water partition coefficient (Wildman–Crippen LogP) is 2.77. The number of nitrogens with two attached hydrogens (primary N) is 1. The average Bonchev–Trinajstić information content (AvgIpc) is 2.92. The van der Waals surface area contributed by atoms with Crippen LogP contribution in [0.3, 0.4) is 0 Å². The van der Waals surface area contributed by atoms with Crippen LogP contribution >= 0.6 is 12.4 Å². The molecular formula is C17H20ClN3O.